The van der Waals surface area contributed by atoms with Crippen LogP contribution in [0.15, 0.2) is 146 Å². The van der Waals surface area contributed by atoms with Crippen molar-refractivity contribution in [3.05, 3.63) is 179 Å². The number of ether oxygens (including phenoxy) is 5. The van der Waals surface area contributed by atoms with Crippen LogP contribution in [0, 0.1) is 0 Å². The van der Waals surface area contributed by atoms with Crippen molar-refractivity contribution in [1.29, 1.82) is 0 Å². The van der Waals surface area contributed by atoms with E-state index in [1.165, 1.54) is 7.11 Å². The van der Waals surface area contributed by atoms with Gasteiger partial charge in [-0.1, -0.05) is 75.2 Å². The number of aryl methyl sites for hydroxylation is 2. The third-order valence-corrected chi connectivity index (χ3v) is 10.7. The maximum atomic E-state index is 11.5. The Morgan fingerprint density at radius 3 is 1.39 bits per heavy atom. The number of aromatic nitrogens is 2. The number of carbonyl (C=O) groups is 2. The van der Waals surface area contributed by atoms with Gasteiger partial charge >= 0.3 is 35.5 Å². The summed E-state index contributed by atoms with van der Waals surface area (Å²) in [6, 6.07) is 47.2. The fraction of sp³-hybridized carbons (Fsp3) is 0.236. The molecule has 0 atom stereocenters. The van der Waals surface area contributed by atoms with Gasteiger partial charge in [-0.3, -0.25) is 4.79 Å². The molecule has 0 aliphatic heterocycles. The zero-order chi connectivity index (χ0) is 45.4. The third kappa shape index (κ3) is 14.3. The number of aliphatic carboxylic acids is 1. The Morgan fingerprint density at radius 2 is 0.970 bits per heavy atom. The van der Waals surface area contributed by atoms with E-state index >= 15 is 0 Å². The molecule has 0 unspecified atom stereocenters. The molecule has 8 aromatic rings. The Kier molecular flexibility index (Phi) is 18.3. The summed E-state index contributed by atoms with van der Waals surface area (Å²) in [4.78, 5) is 29.2. The van der Waals surface area contributed by atoms with E-state index in [0.29, 0.717) is 13.2 Å². The predicted molar refractivity (Wildman–Crippen MR) is 253 cm³/mol. The number of rotatable bonds is 20. The van der Waals surface area contributed by atoms with Gasteiger partial charge < -0.3 is 43.6 Å². The zero-order valence-corrected chi connectivity index (χ0v) is 40.2. The van der Waals surface area contributed by atoms with E-state index in [9.17, 15) is 14.7 Å². The molecule has 0 fully saturated rings. The number of nitrogens with one attached hydrogen (secondary N) is 2. The zero-order valence-electron chi connectivity index (χ0n) is 38.2. The number of methoxy groups -OCH3 is 1. The molecule has 2 heterocycles. The summed E-state index contributed by atoms with van der Waals surface area (Å²) < 4.78 is 29.0. The van der Waals surface area contributed by atoms with Crippen LogP contribution in [-0.2, 0) is 52.9 Å². The van der Waals surface area contributed by atoms with Crippen LogP contribution < -0.4 is 53.6 Å². The minimum atomic E-state index is -1.07. The van der Waals surface area contributed by atoms with E-state index in [1.54, 1.807) is 0 Å². The van der Waals surface area contributed by atoms with Gasteiger partial charge in [0.05, 0.1) is 26.7 Å². The molecule has 0 aliphatic rings. The molecule has 334 valence electrons. The first kappa shape index (κ1) is 49.0. The van der Waals surface area contributed by atoms with Crippen LogP contribution in [0.1, 0.15) is 60.3 Å². The monoisotopic (exact) mass is 894 g/mol. The Labute approximate surface area is 408 Å². The Bertz CT molecular complexity index is 2800. The van der Waals surface area contributed by atoms with Crippen LogP contribution in [0.2, 0.25) is 0 Å². The molecule has 0 saturated heterocycles. The Hall–Kier alpha value is -6.46. The SMILES string of the molecule is CCCc1cc(Oc2ccccc2)ccc1OCCc1cc2cc(CC(=O)OC)ccc2[nH]1.CCCc1cc(Oc2ccccc2)ccc1OCCc1cc2cc(CC(=O)[O-])ccc2[nH]1.[Na+]. The van der Waals surface area contributed by atoms with Crippen molar-refractivity contribution < 1.29 is 67.9 Å². The summed E-state index contributed by atoms with van der Waals surface area (Å²) in [5.74, 6) is 3.71. The molecule has 2 N–H and O–H groups in total. The molecule has 10 nitrogen and oxygen atoms in total. The van der Waals surface area contributed by atoms with Gasteiger partial charge in [-0.25, -0.2) is 0 Å². The number of carboxylic acid groups (broad SMARTS) is 1. The fourth-order valence-corrected chi connectivity index (χ4v) is 7.62. The largest absolute Gasteiger partial charge is 1.00 e. The number of hydrogen-bond acceptors (Lipinski definition) is 8. The maximum absolute atomic E-state index is 11.5. The van der Waals surface area contributed by atoms with Gasteiger partial charge in [0.2, 0.25) is 0 Å². The van der Waals surface area contributed by atoms with Crippen LogP contribution in [-0.4, -0.2) is 42.2 Å². The molecular formula is C55H55N2NaO8. The molecule has 0 saturated carbocycles. The molecule has 11 heteroatoms. The molecule has 0 amide bonds. The number of benzene rings is 6. The van der Waals surface area contributed by atoms with Crippen molar-refractivity contribution in [1.82, 2.24) is 9.97 Å². The molecule has 0 aliphatic carbocycles. The van der Waals surface area contributed by atoms with Gasteiger partial charge in [-0.2, -0.15) is 0 Å². The second-order valence-electron chi connectivity index (χ2n) is 15.8. The fourth-order valence-electron chi connectivity index (χ4n) is 7.62. The summed E-state index contributed by atoms with van der Waals surface area (Å²) in [7, 11) is 1.41. The first-order valence-corrected chi connectivity index (χ1v) is 22.2. The number of carbonyl (C=O) groups excluding carboxylic acids is 2. The molecule has 8 rings (SSSR count). The van der Waals surface area contributed by atoms with Crippen LogP contribution >= 0.6 is 0 Å². The van der Waals surface area contributed by atoms with Crippen molar-refractivity contribution in [2.45, 2.75) is 65.2 Å². The van der Waals surface area contributed by atoms with Crippen molar-refractivity contribution in [3.63, 3.8) is 0 Å². The summed E-state index contributed by atoms with van der Waals surface area (Å²) in [6.45, 7) is 5.41. The number of para-hydroxylation sites is 2. The first-order valence-electron chi connectivity index (χ1n) is 22.2. The quantitative estimate of drug-likeness (QED) is 0.0580. The van der Waals surface area contributed by atoms with E-state index in [1.807, 2.05) is 133 Å². The van der Waals surface area contributed by atoms with Crippen molar-refractivity contribution in [3.8, 4) is 34.5 Å². The summed E-state index contributed by atoms with van der Waals surface area (Å²) >= 11 is 0. The molecule has 66 heavy (non-hydrogen) atoms. The molecule has 2 aromatic heterocycles. The topological polar surface area (TPSA) is 135 Å². The second kappa shape index (κ2) is 24.7. The van der Waals surface area contributed by atoms with E-state index in [0.717, 1.165) is 128 Å². The molecule has 0 spiro atoms. The summed E-state index contributed by atoms with van der Waals surface area (Å²) in [6.07, 6.45) is 5.56. The number of esters is 1. The summed E-state index contributed by atoms with van der Waals surface area (Å²) in [5, 5.41) is 12.9. The number of hydrogen-bond donors (Lipinski definition) is 2. The van der Waals surface area contributed by atoms with E-state index in [-0.39, 0.29) is 48.4 Å². The van der Waals surface area contributed by atoms with Gasteiger partial charge in [-0.15, -0.1) is 0 Å². The average Bonchev–Trinajstić information content (AvgIpc) is 3.91. The molecule has 0 bridgehead atoms. The number of fused-ring (bicyclic) bond motifs is 2. The number of aromatic amines is 2. The number of carboxylic acids is 1. The normalized spacial score (nSPS) is 10.7. The minimum Gasteiger partial charge on any atom is -0.550 e. The molecule has 6 aromatic carbocycles. The Balaban J connectivity index is 0.000000215. The smallest absolute Gasteiger partial charge is 0.550 e. The van der Waals surface area contributed by atoms with Crippen LogP contribution in [0.5, 0.6) is 34.5 Å². The van der Waals surface area contributed by atoms with Gasteiger partial charge in [0.25, 0.3) is 0 Å². The van der Waals surface area contributed by atoms with Crippen molar-refractivity contribution >= 4 is 33.7 Å². The van der Waals surface area contributed by atoms with E-state index in [2.05, 4.69) is 35.9 Å². The van der Waals surface area contributed by atoms with Crippen LogP contribution in [0.4, 0.5) is 0 Å². The van der Waals surface area contributed by atoms with Crippen molar-refractivity contribution in [2.75, 3.05) is 20.3 Å². The van der Waals surface area contributed by atoms with Gasteiger partial charge in [-0.05, 0) is 143 Å². The third-order valence-electron chi connectivity index (χ3n) is 10.7. The van der Waals surface area contributed by atoms with Crippen LogP contribution in [0.25, 0.3) is 21.8 Å². The first-order chi connectivity index (χ1) is 31.7. The van der Waals surface area contributed by atoms with Crippen molar-refractivity contribution in [2.24, 2.45) is 0 Å². The van der Waals surface area contributed by atoms with E-state index < -0.39 is 5.97 Å². The second-order valence-corrected chi connectivity index (χ2v) is 15.8. The summed E-state index contributed by atoms with van der Waals surface area (Å²) in [5.41, 5.74) is 8.14. The van der Waals surface area contributed by atoms with Gasteiger partial charge in [0, 0.05) is 47.7 Å². The van der Waals surface area contributed by atoms with Gasteiger partial charge in [0.15, 0.2) is 0 Å². The predicted octanol–water partition coefficient (Wildman–Crippen LogP) is 8.08. The molecular weight excluding hydrogens is 840 g/mol. The Morgan fingerprint density at radius 1 is 0.515 bits per heavy atom. The average molecular weight is 895 g/mol. The molecule has 0 radical (unpaired) electrons. The number of H-pyrrole nitrogens is 2. The van der Waals surface area contributed by atoms with E-state index in [4.69, 9.17) is 23.7 Å². The minimum absolute atomic E-state index is 0. The maximum Gasteiger partial charge on any atom is 1.00 e. The van der Waals surface area contributed by atoms with Crippen LogP contribution in [0.3, 0.4) is 0 Å². The standard InChI is InChI=1S/C28H29NO4.C27H27NO4.Na/c1-3-7-21-19-25(33-24-8-5-4-6-9-24)11-13-27(21)32-15-14-23-18-22-16-20(17-28(30)31-2)10-12-26(22)29-23;1-2-6-20-18-24(32-23-7-4-3-5-8-23)10-12-26(20)31-14-13-22-17-21-15-19(16-27(29)30)9-11-25(21)28-22;/h4-6,8-13,16,18-19,29H,3,7,14-15,17H2,1-2H3;3-5,7-12,15,17-18,28H,2,6,13-14,16H2,1H3,(H,29,30);/q;;+1/p-1. The van der Waals surface area contributed by atoms with Gasteiger partial charge in [0.1, 0.15) is 34.5 Å².